The zero-order chi connectivity index (χ0) is 30.4. The minimum Gasteiger partial charge on any atom is -0.383 e. The van der Waals surface area contributed by atoms with Crippen LogP contribution in [0.1, 0.15) is 42.1 Å². The highest BCUT2D eigenvalue weighted by Gasteiger charge is 2.16. The first-order valence-electron chi connectivity index (χ1n) is 14.8. The highest BCUT2D eigenvalue weighted by molar-refractivity contribution is 6.04. The summed E-state index contributed by atoms with van der Waals surface area (Å²) in [5.41, 5.74) is 3.81. The predicted octanol–water partition coefficient (Wildman–Crippen LogP) is 5.16. The lowest BCUT2D eigenvalue weighted by molar-refractivity contribution is -0.116. The van der Waals surface area contributed by atoms with E-state index in [1.165, 1.54) is 26.2 Å². The molecule has 1 fully saturated rings. The van der Waals surface area contributed by atoms with Crippen molar-refractivity contribution in [3.8, 4) is 0 Å². The van der Waals surface area contributed by atoms with Gasteiger partial charge in [-0.2, -0.15) is 0 Å². The van der Waals surface area contributed by atoms with Crippen LogP contribution >= 0.6 is 0 Å². The molecule has 0 saturated carbocycles. The van der Waals surface area contributed by atoms with E-state index in [0.29, 0.717) is 54.6 Å². The Morgan fingerprint density at radius 3 is 2.33 bits per heavy atom. The first-order chi connectivity index (χ1) is 20.9. The number of ether oxygens (including phenoxy) is 1. The average molecular weight is 587 g/mol. The summed E-state index contributed by atoms with van der Waals surface area (Å²) in [6, 6.07) is 21.6. The first-order valence-corrected chi connectivity index (χ1v) is 14.8. The van der Waals surface area contributed by atoms with Crippen LogP contribution in [0, 0.1) is 0 Å². The van der Waals surface area contributed by atoms with Crippen molar-refractivity contribution < 1.29 is 19.1 Å². The van der Waals surface area contributed by atoms with Crippen molar-refractivity contribution in [3.63, 3.8) is 0 Å². The molecule has 0 spiro atoms. The van der Waals surface area contributed by atoms with Crippen LogP contribution < -0.4 is 26.2 Å². The Morgan fingerprint density at radius 2 is 1.60 bits per heavy atom. The van der Waals surface area contributed by atoms with Gasteiger partial charge in [0.25, 0.3) is 5.91 Å². The van der Waals surface area contributed by atoms with E-state index in [1.54, 1.807) is 42.3 Å². The van der Waals surface area contributed by atoms with Crippen molar-refractivity contribution in [1.29, 1.82) is 0 Å². The first kappa shape index (κ1) is 31.5. The van der Waals surface area contributed by atoms with Gasteiger partial charge in [-0.15, -0.1) is 0 Å². The van der Waals surface area contributed by atoms with E-state index in [1.807, 2.05) is 42.5 Å². The molecule has 4 amide bonds. The van der Waals surface area contributed by atoms with Gasteiger partial charge in [0.05, 0.1) is 18.7 Å². The fourth-order valence-electron chi connectivity index (χ4n) is 5.05. The van der Waals surface area contributed by atoms with Crippen LogP contribution in [0.15, 0.2) is 72.8 Å². The van der Waals surface area contributed by atoms with E-state index in [0.717, 1.165) is 25.2 Å². The Kier molecular flexibility index (Phi) is 11.9. The number of rotatable bonds is 13. The van der Waals surface area contributed by atoms with Gasteiger partial charge in [-0.3, -0.25) is 9.59 Å². The van der Waals surface area contributed by atoms with Crippen LogP contribution in [0.2, 0.25) is 0 Å². The van der Waals surface area contributed by atoms with Crippen molar-refractivity contribution >= 4 is 40.6 Å². The van der Waals surface area contributed by atoms with Gasteiger partial charge in [-0.05, 0) is 67.9 Å². The van der Waals surface area contributed by atoms with E-state index >= 15 is 0 Å². The molecule has 1 saturated heterocycles. The van der Waals surface area contributed by atoms with Gasteiger partial charge in [-0.25, -0.2) is 4.79 Å². The maximum Gasteiger partial charge on any atom is 0.323 e. The number of nitrogens with one attached hydrogen (secondary N) is 4. The molecule has 0 radical (unpaired) electrons. The molecule has 0 atom stereocenters. The zero-order valence-electron chi connectivity index (χ0n) is 25.0. The van der Waals surface area contributed by atoms with Crippen LogP contribution in [-0.4, -0.2) is 69.2 Å². The van der Waals surface area contributed by atoms with Gasteiger partial charge >= 0.3 is 6.03 Å². The van der Waals surface area contributed by atoms with E-state index in [4.69, 9.17) is 4.74 Å². The number of benzene rings is 3. The van der Waals surface area contributed by atoms with E-state index < -0.39 is 6.03 Å². The molecule has 4 N–H and O–H groups in total. The number of methoxy groups -OCH3 is 1. The number of hydrogen-bond acceptors (Lipinski definition) is 6. The van der Waals surface area contributed by atoms with Gasteiger partial charge in [0.15, 0.2) is 0 Å². The summed E-state index contributed by atoms with van der Waals surface area (Å²) in [6.45, 7) is 6.53. The molecule has 0 bridgehead atoms. The molecular formula is C33H42N6O4. The molecule has 0 aromatic heterocycles. The van der Waals surface area contributed by atoms with E-state index in [-0.39, 0.29) is 11.8 Å². The number of carbonyl (C=O) groups excluding carboxylic acids is 3. The summed E-state index contributed by atoms with van der Waals surface area (Å²) in [6.07, 6.45) is 3.74. The minimum absolute atomic E-state index is 0.105. The summed E-state index contributed by atoms with van der Waals surface area (Å²) in [4.78, 5) is 42.5. The molecule has 3 aromatic rings. The number of anilines is 4. The van der Waals surface area contributed by atoms with Gasteiger partial charge in [-0.1, -0.05) is 42.8 Å². The van der Waals surface area contributed by atoms with Gasteiger partial charge < -0.3 is 35.8 Å². The minimum atomic E-state index is -0.467. The highest BCUT2D eigenvalue weighted by Crippen LogP contribution is 2.24. The van der Waals surface area contributed by atoms with E-state index in [2.05, 4.69) is 26.2 Å². The molecule has 228 valence electrons. The second-order valence-electron chi connectivity index (χ2n) is 10.6. The maximum atomic E-state index is 13.0. The summed E-state index contributed by atoms with van der Waals surface area (Å²) >= 11 is 0. The Labute approximate surface area is 253 Å². The molecule has 10 heteroatoms. The van der Waals surface area contributed by atoms with Crippen LogP contribution in [0.4, 0.5) is 27.5 Å². The van der Waals surface area contributed by atoms with Crippen LogP contribution in [-0.2, 0) is 16.1 Å². The Balaban J connectivity index is 1.42. The lowest BCUT2D eigenvalue weighted by atomic mass is 10.1. The summed E-state index contributed by atoms with van der Waals surface area (Å²) in [5.74, 6) is -0.358. The Bertz CT molecular complexity index is 1360. The number of nitrogens with zero attached hydrogens (tertiary/aromatic N) is 2. The lowest BCUT2D eigenvalue weighted by Crippen LogP contribution is -2.34. The second-order valence-corrected chi connectivity index (χ2v) is 10.6. The summed E-state index contributed by atoms with van der Waals surface area (Å²) < 4.78 is 5.07. The molecular weight excluding hydrogens is 544 g/mol. The fraction of sp³-hybridized carbons (Fsp3) is 0.364. The lowest BCUT2D eigenvalue weighted by Gasteiger charge is -2.26. The molecule has 1 heterocycles. The quantitative estimate of drug-likeness (QED) is 0.206. The number of amides is 4. The Hall–Kier alpha value is -4.41. The van der Waals surface area contributed by atoms with Crippen LogP contribution in [0.3, 0.4) is 0 Å². The molecule has 3 aromatic carbocycles. The van der Waals surface area contributed by atoms with Gasteiger partial charge in [0.1, 0.15) is 0 Å². The molecule has 43 heavy (non-hydrogen) atoms. The average Bonchev–Trinajstić information content (AvgIpc) is 3.01. The Morgan fingerprint density at radius 1 is 0.860 bits per heavy atom. The third-order valence-corrected chi connectivity index (χ3v) is 7.29. The van der Waals surface area contributed by atoms with Crippen molar-refractivity contribution in [2.45, 2.75) is 32.7 Å². The maximum absolute atomic E-state index is 13.0. The molecule has 0 aliphatic carbocycles. The molecule has 0 unspecified atom stereocenters. The molecule has 4 rings (SSSR count). The smallest absolute Gasteiger partial charge is 0.323 e. The second kappa shape index (κ2) is 16.3. The third-order valence-electron chi connectivity index (χ3n) is 7.29. The zero-order valence-corrected chi connectivity index (χ0v) is 25.0. The highest BCUT2D eigenvalue weighted by atomic mass is 16.5. The molecule has 10 nitrogen and oxygen atoms in total. The largest absolute Gasteiger partial charge is 0.383 e. The van der Waals surface area contributed by atoms with Crippen molar-refractivity contribution in [2.75, 3.05) is 67.3 Å². The molecule has 1 aliphatic heterocycles. The predicted molar refractivity (Wildman–Crippen MR) is 172 cm³/mol. The summed E-state index contributed by atoms with van der Waals surface area (Å²) in [5, 5.41) is 11.9. The van der Waals surface area contributed by atoms with Crippen LogP contribution in [0.25, 0.3) is 0 Å². The summed E-state index contributed by atoms with van der Waals surface area (Å²) in [7, 11) is 1.58. The van der Waals surface area contributed by atoms with Crippen molar-refractivity contribution in [1.82, 2.24) is 10.2 Å². The third kappa shape index (κ3) is 9.83. The topological polar surface area (TPSA) is 115 Å². The number of carbonyl (C=O) groups is 3. The molecule has 1 aliphatic rings. The number of hydrogen-bond donors (Lipinski definition) is 4. The monoisotopic (exact) mass is 586 g/mol. The number of likely N-dealkylation sites (tertiary alicyclic amines) is 1. The number of piperidine rings is 1. The van der Waals surface area contributed by atoms with Crippen LogP contribution in [0.5, 0.6) is 0 Å². The number of urea groups is 1. The normalized spacial score (nSPS) is 13.2. The van der Waals surface area contributed by atoms with Gasteiger partial charge in [0, 0.05) is 56.4 Å². The van der Waals surface area contributed by atoms with Crippen molar-refractivity contribution in [2.24, 2.45) is 0 Å². The van der Waals surface area contributed by atoms with Crippen molar-refractivity contribution in [3.05, 3.63) is 83.9 Å². The standard InChI is InChI=1S/C33H42N6O4/c1-25(40)39(24-26-10-5-3-6-11-26)29-13-9-12-27(22-29)36-33(42)37-28-14-15-31(30(23-28)32(41)35-17-21-43-2)34-16-20-38-18-7-4-8-19-38/h3,5-6,9-15,22-23,34H,4,7-8,16-21,24H2,1-2H3,(H,35,41)(H2,36,37,42). The fourth-order valence-corrected chi connectivity index (χ4v) is 5.05. The van der Waals surface area contributed by atoms with E-state index in [9.17, 15) is 14.4 Å². The van der Waals surface area contributed by atoms with Gasteiger partial charge in [0.2, 0.25) is 5.91 Å². The SMILES string of the molecule is COCCNC(=O)c1cc(NC(=O)Nc2cccc(N(Cc3ccccc3)C(C)=O)c2)ccc1NCCN1CCCCC1.